The highest BCUT2D eigenvalue weighted by Crippen LogP contribution is 2.31. The van der Waals surface area contributed by atoms with Crippen molar-refractivity contribution in [2.75, 3.05) is 57.5 Å². The van der Waals surface area contributed by atoms with E-state index in [0.717, 1.165) is 0 Å². The summed E-state index contributed by atoms with van der Waals surface area (Å²) in [4.78, 5) is 31.8. The first-order chi connectivity index (χ1) is 14.4. The molecule has 1 amide bonds. The molecule has 0 unspecified atom stereocenters. The molecule has 160 valence electrons. The summed E-state index contributed by atoms with van der Waals surface area (Å²) in [6.07, 6.45) is -0.616. The lowest BCUT2D eigenvalue weighted by atomic mass is 10.2. The van der Waals surface area contributed by atoms with Crippen molar-refractivity contribution in [1.29, 1.82) is 0 Å². The van der Waals surface area contributed by atoms with Crippen molar-refractivity contribution in [3.8, 4) is 11.5 Å². The first-order valence-corrected chi connectivity index (χ1v) is 10.0. The number of ether oxygens (including phenoxy) is 2. The van der Waals surface area contributed by atoms with E-state index in [2.05, 4.69) is 19.9 Å². The second-order valence-corrected chi connectivity index (χ2v) is 7.65. The number of fused-ring (bicyclic) bond motifs is 1. The van der Waals surface area contributed by atoms with E-state index in [1.54, 1.807) is 4.90 Å². The molecule has 10 nitrogen and oxygen atoms in total. The summed E-state index contributed by atoms with van der Waals surface area (Å²) in [5.74, 6) is 2.61. The van der Waals surface area contributed by atoms with Crippen LogP contribution in [-0.2, 0) is 4.79 Å². The predicted molar refractivity (Wildman–Crippen MR) is 111 cm³/mol. The molecule has 0 aliphatic carbocycles. The van der Waals surface area contributed by atoms with Crippen LogP contribution in [0.1, 0.15) is 18.8 Å². The van der Waals surface area contributed by atoms with E-state index in [1.165, 1.54) is 0 Å². The molecule has 1 fully saturated rings. The summed E-state index contributed by atoms with van der Waals surface area (Å²) in [6.45, 7) is 4.89. The number of amides is 1. The predicted octanol–water partition coefficient (Wildman–Crippen LogP) is 0.565. The van der Waals surface area contributed by atoms with Crippen LogP contribution in [0.2, 0.25) is 0 Å². The highest BCUT2D eigenvalue weighted by molar-refractivity contribution is 5.82. The van der Waals surface area contributed by atoms with Crippen molar-refractivity contribution in [1.82, 2.24) is 24.8 Å². The Kier molecular flexibility index (Phi) is 5.58. The number of benzene rings is 1. The van der Waals surface area contributed by atoms with Gasteiger partial charge in [0.15, 0.2) is 17.3 Å². The molecular formula is C20H27N7O3. The van der Waals surface area contributed by atoms with Crippen LogP contribution >= 0.6 is 0 Å². The van der Waals surface area contributed by atoms with Gasteiger partial charge < -0.3 is 25.0 Å². The molecular weight excluding hydrogens is 386 g/mol. The zero-order chi connectivity index (χ0) is 21.3. The van der Waals surface area contributed by atoms with Gasteiger partial charge >= 0.3 is 0 Å². The van der Waals surface area contributed by atoms with Gasteiger partial charge in [0.05, 0.1) is 6.04 Å². The van der Waals surface area contributed by atoms with E-state index in [9.17, 15) is 4.79 Å². The number of nitrogens with zero attached hydrogens (tertiary/aromatic N) is 6. The molecule has 2 aromatic rings. The lowest BCUT2D eigenvalue weighted by Crippen LogP contribution is -2.54. The summed E-state index contributed by atoms with van der Waals surface area (Å²) < 4.78 is 11.5. The Bertz CT molecular complexity index is 915. The number of carbonyl (C=O) groups is 1. The third-order valence-corrected chi connectivity index (χ3v) is 5.39. The average molecular weight is 413 g/mol. The fourth-order valence-corrected chi connectivity index (χ4v) is 3.62. The molecule has 3 heterocycles. The van der Waals surface area contributed by atoms with Crippen molar-refractivity contribution in [2.45, 2.75) is 19.1 Å². The van der Waals surface area contributed by atoms with Gasteiger partial charge in [-0.25, -0.2) is 0 Å². The number of hydrogen-bond acceptors (Lipinski definition) is 9. The van der Waals surface area contributed by atoms with Gasteiger partial charge in [-0.05, 0) is 19.1 Å². The molecule has 10 heteroatoms. The van der Waals surface area contributed by atoms with Gasteiger partial charge in [0.2, 0.25) is 18.0 Å². The molecule has 4 rings (SSSR count). The van der Waals surface area contributed by atoms with E-state index < -0.39 is 6.10 Å². The number of hydrogen-bond donors (Lipinski definition) is 1. The van der Waals surface area contributed by atoms with Crippen LogP contribution in [0.25, 0.3) is 0 Å². The van der Waals surface area contributed by atoms with Gasteiger partial charge in [0, 0.05) is 40.3 Å². The van der Waals surface area contributed by atoms with Crippen molar-refractivity contribution in [3.05, 3.63) is 30.1 Å². The number of para-hydroxylation sites is 2. The minimum Gasteiger partial charge on any atom is -0.485 e. The Morgan fingerprint density at radius 3 is 2.53 bits per heavy atom. The van der Waals surface area contributed by atoms with E-state index in [-0.39, 0.29) is 24.5 Å². The Morgan fingerprint density at radius 2 is 1.83 bits per heavy atom. The van der Waals surface area contributed by atoms with Gasteiger partial charge in [0.1, 0.15) is 6.61 Å². The summed E-state index contributed by atoms with van der Waals surface area (Å²) in [7, 11) is 3.73. The second-order valence-electron chi connectivity index (χ2n) is 7.65. The molecule has 1 aromatic carbocycles. The Labute approximate surface area is 175 Å². The maximum absolute atomic E-state index is 12.9. The Hall–Kier alpha value is -3.14. The van der Waals surface area contributed by atoms with Gasteiger partial charge in [-0.2, -0.15) is 15.0 Å². The standard InChI is InChI=1S/C20H27N7O3/c1-13(17-22-19(21)24-20(23-17)25(2)3)26-8-10-27(11-9-26)18(28)16-12-29-14-6-4-5-7-15(14)30-16/h4-7,13,16H,8-12H2,1-3H3,(H2,21,22,23,24)/t13-,16-/m0/s1. The van der Waals surface area contributed by atoms with Crippen LogP contribution in [0.15, 0.2) is 24.3 Å². The third-order valence-electron chi connectivity index (χ3n) is 5.39. The quantitative estimate of drug-likeness (QED) is 0.769. The minimum atomic E-state index is -0.616. The Morgan fingerprint density at radius 1 is 1.13 bits per heavy atom. The zero-order valence-electron chi connectivity index (χ0n) is 17.5. The molecule has 2 aliphatic heterocycles. The number of nitrogen functional groups attached to an aromatic ring is 1. The summed E-state index contributed by atoms with van der Waals surface area (Å²) in [5, 5.41) is 0. The molecule has 1 aromatic heterocycles. The molecule has 2 atom stereocenters. The largest absolute Gasteiger partial charge is 0.485 e. The second kappa shape index (κ2) is 8.31. The van der Waals surface area contributed by atoms with Crippen LogP contribution in [0.5, 0.6) is 11.5 Å². The monoisotopic (exact) mass is 413 g/mol. The molecule has 2 aliphatic rings. The maximum Gasteiger partial charge on any atom is 0.267 e. The van der Waals surface area contributed by atoms with Crippen molar-refractivity contribution in [2.24, 2.45) is 0 Å². The van der Waals surface area contributed by atoms with Crippen LogP contribution in [-0.4, -0.2) is 83.6 Å². The summed E-state index contributed by atoms with van der Waals surface area (Å²) in [5.41, 5.74) is 5.86. The maximum atomic E-state index is 12.9. The SMILES string of the molecule is C[C@@H](c1nc(N)nc(N(C)C)n1)N1CCN(C(=O)[C@@H]2COc3ccccc3O2)CC1. The first kappa shape index (κ1) is 20.1. The fourth-order valence-electron chi connectivity index (χ4n) is 3.62. The van der Waals surface area contributed by atoms with Crippen LogP contribution in [0.3, 0.4) is 0 Å². The number of aromatic nitrogens is 3. The topological polar surface area (TPSA) is 110 Å². The number of nitrogens with two attached hydrogens (primary N) is 1. The number of rotatable bonds is 4. The molecule has 2 N–H and O–H groups in total. The van der Waals surface area contributed by atoms with E-state index in [4.69, 9.17) is 15.2 Å². The zero-order valence-corrected chi connectivity index (χ0v) is 17.5. The molecule has 0 radical (unpaired) electrons. The third kappa shape index (κ3) is 4.09. The van der Waals surface area contributed by atoms with Crippen molar-refractivity contribution in [3.63, 3.8) is 0 Å². The number of carbonyl (C=O) groups excluding carboxylic acids is 1. The summed E-state index contributed by atoms with van der Waals surface area (Å²) >= 11 is 0. The van der Waals surface area contributed by atoms with E-state index >= 15 is 0 Å². The van der Waals surface area contributed by atoms with Crippen molar-refractivity contribution < 1.29 is 14.3 Å². The highest BCUT2D eigenvalue weighted by atomic mass is 16.6. The van der Waals surface area contributed by atoms with Gasteiger partial charge in [-0.3, -0.25) is 9.69 Å². The van der Waals surface area contributed by atoms with Gasteiger partial charge in [-0.15, -0.1) is 0 Å². The molecule has 30 heavy (non-hydrogen) atoms. The van der Waals surface area contributed by atoms with Crippen LogP contribution in [0, 0.1) is 0 Å². The lowest BCUT2D eigenvalue weighted by Gasteiger charge is -2.39. The molecule has 1 saturated heterocycles. The average Bonchev–Trinajstić information content (AvgIpc) is 2.77. The number of piperazine rings is 1. The van der Waals surface area contributed by atoms with Gasteiger partial charge in [0.25, 0.3) is 5.91 Å². The number of anilines is 2. The smallest absolute Gasteiger partial charge is 0.267 e. The summed E-state index contributed by atoms with van der Waals surface area (Å²) in [6, 6.07) is 7.37. The van der Waals surface area contributed by atoms with Gasteiger partial charge in [-0.1, -0.05) is 12.1 Å². The van der Waals surface area contributed by atoms with Crippen LogP contribution in [0.4, 0.5) is 11.9 Å². The van der Waals surface area contributed by atoms with E-state index in [1.807, 2.05) is 50.2 Å². The molecule has 0 spiro atoms. The van der Waals surface area contributed by atoms with Crippen molar-refractivity contribution >= 4 is 17.8 Å². The normalized spacial score (nSPS) is 20.0. The fraction of sp³-hybridized carbons (Fsp3) is 0.500. The van der Waals surface area contributed by atoms with E-state index in [0.29, 0.717) is 49.5 Å². The Balaban J connectivity index is 1.36. The lowest BCUT2D eigenvalue weighted by molar-refractivity contribution is -0.143. The highest BCUT2D eigenvalue weighted by Gasteiger charge is 2.34. The van der Waals surface area contributed by atoms with Crippen LogP contribution < -0.4 is 20.1 Å². The molecule has 0 saturated carbocycles. The first-order valence-electron chi connectivity index (χ1n) is 10.0. The minimum absolute atomic E-state index is 0.0348. The molecule has 0 bridgehead atoms.